The molecule has 0 atom stereocenters. The Morgan fingerprint density at radius 2 is 1.92 bits per heavy atom. The average molecular weight is 393 g/mol. The van der Waals surface area contributed by atoms with Gasteiger partial charge >= 0.3 is 5.97 Å². The summed E-state index contributed by atoms with van der Waals surface area (Å²) in [5, 5.41) is 17.7. The summed E-state index contributed by atoms with van der Waals surface area (Å²) in [6.45, 7) is 2.24. The number of aromatic carboxylic acids is 1. The fourth-order valence-electron chi connectivity index (χ4n) is 2.11. The van der Waals surface area contributed by atoms with Gasteiger partial charge in [0.1, 0.15) is 0 Å². The van der Waals surface area contributed by atoms with Crippen molar-refractivity contribution in [2.24, 2.45) is 5.14 Å². The number of hydrogen-bond acceptors (Lipinski definition) is 6. The molecule has 0 saturated carbocycles. The van der Waals surface area contributed by atoms with E-state index >= 15 is 0 Å². The average Bonchev–Trinajstić information content (AvgIpc) is 2.57. The number of rotatable bonds is 7. The molecule has 138 valence electrons. The number of allylic oxidation sites excluding steroid dienone is 1. The van der Waals surface area contributed by atoms with Crippen LogP contribution in [0.25, 0.3) is 0 Å². The summed E-state index contributed by atoms with van der Waals surface area (Å²) in [6, 6.07) is 9.33. The number of nitrogens with one attached hydrogen (secondary N) is 1. The maximum absolute atomic E-state index is 12.1. The molecule has 0 aromatic heterocycles. The summed E-state index contributed by atoms with van der Waals surface area (Å²) >= 11 is 1.16. The highest BCUT2D eigenvalue weighted by molar-refractivity contribution is 8.00. The number of sulfonamides is 1. The van der Waals surface area contributed by atoms with Crippen molar-refractivity contribution in [3.05, 3.63) is 54.1 Å². The van der Waals surface area contributed by atoms with Crippen molar-refractivity contribution in [3.63, 3.8) is 0 Å². The van der Waals surface area contributed by atoms with Crippen LogP contribution in [0, 0.1) is 0 Å². The molecule has 0 radical (unpaired) electrons. The van der Waals surface area contributed by atoms with Gasteiger partial charge in [0.25, 0.3) is 0 Å². The van der Waals surface area contributed by atoms with Crippen LogP contribution in [0.4, 0.5) is 11.4 Å². The van der Waals surface area contributed by atoms with E-state index in [0.29, 0.717) is 22.8 Å². The first kappa shape index (κ1) is 19.8. The van der Waals surface area contributed by atoms with Crippen molar-refractivity contribution in [2.75, 3.05) is 17.6 Å². The molecule has 0 heterocycles. The van der Waals surface area contributed by atoms with Crippen molar-refractivity contribution < 1.29 is 18.3 Å². The van der Waals surface area contributed by atoms with E-state index in [4.69, 9.17) is 10.9 Å². The summed E-state index contributed by atoms with van der Waals surface area (Å²) in [4.78, 5) is 12.2. The van der Waals surface area contributed by atoms with Crippen LogP contribution >= 0.6 is 11.8 Å². The third-order valence-corrected chi connectivity index (χ3v) is 5.57. The van der Waals surface area contributed by atoms with Crippen LogP contribution in [0.5, 0.6) is 0 Å². The Labute approximate surface area is 156 Å². The van der Waals surface area contributed by atoms with Gasteiger partial charge in [0.15, 0.2) is 0 Å². The van der Waals surface area contributed by atoms with E-state index in [-0.39, 0.29) is 10.5 Å². The molecular weight excluding hydrogens is 374 g/mol. The highest BCUT2D eigenvalue weighted by Gasteiger charge is 2.22. The third-order valence-electron chi connectivity index (χ3n) is 3.35. The van der Waals surface area contributed by atoms with Gasteiger partial charge in [-0.05, 0) is 43.3 Å². The second-order valence-corrected chi connectivity index (χ2v) is 7.94. The van der Waals surface area contributed by atoms with E-state index in [1.54, 1.807) is 24.3 Å². The predicted octanol–water partition coefficient (Wildman–Crippen LogP) is 2.75. The van der Waals surface area contributed by atoms with Crippen LogP contribution in [0.3, 0.4) is 0 Å². The zero-order valence-corrected chi connectivity index (χ0v) is 15.6. The van der Waals surface area contributed by atoms with Crippen molar-refractivity contribution in [3.8, 4) is 0 Å². The number of carbonyl (C=O) groups is 1. The van der Waals surface area contributed by atoms with Gasteiger partial charge < -0.3 is 16.2 Å². The Hall–Kier alpha value is -2.49. The molecule has 26 heavy (non-hydrogen) atoms. The summed E-state index contributed by atoms with van der Waals surface area (Å²) in [5.74, 6) is -1.24. The summed E-state index contributed by atoms with van der Waals surface area (Å²) in [6.07, 6.45) is 3.64. The van der Waals surface area contributed by atoms with Crippen molar-refractivity contribution >= 4 is 39.1 Å². The minimum absolute atomic E-state index is 0.168. The van der Waals surface area contributed by atoms with Crippen molar-refractivity contribution in [1.82, 2.24) is 0 Å². The maximum Gasteiger partial charge on any atom is 0.335 e. The van der Waals surface area contributed by atoms with Crippen LogP contribution in [0.2, 0.25) is 0 Å². The first-order chi connectivity index (χ1) is 12.2. The summed E-state index contributed by atoms with van der Waals surface area (Å²) < 4.78 is 24.1. The monoisotopic (exact) mass is 393 g/mol. The maximum atomic E-state index is 12.1. The SMILES string of the molecule is CC=CCNc1cc(C(=O)O)cc(S(N)(=O)=O)c1Sc1ccc(N)cc1. The molecule has 6 N–H and O–H groups in total. The normalized spacial score (nSPS) is 11.6. The van der Waals surface area contributed by atoms with Crippen LogP contribution in [0.1, 0.15) is 17.3 Å². The van der Waals surface area contributed by atoms with E-state index in [1.807, 2.05) is 19.1 Å². The van der Waals surface area contributed by atoms with E-state index in [1.165, 1.54) is 6.07 Å². The lowest BCUT2D eigenvalue weighted by atomic mass is 10.2. The molecule has 0 aliphatic rings. The topological polar surface area (TPSA) is 136 Å². The van der Waals surface area contributed by atoms with Crippen molar-refractivity contribution in [1.29, 1.82) is 0 Å². The highest BCUT2D eigenvalue weighted by atomic mass is 32.2. The largest absolute Gasteiger partial charge is 0.478 e. The molecular formula is C17H19N3O4S2. The van der Waals surface area contributed by atoms with Gasteiger partial charge in [-0.25, -0.2) is 18.4 Å². The number of carboxylic acids is 1. The molecule has 0 fully saturated rings. The number of carboxylic acid groups (broad SMARTS) is 1. The van der Waals surface area contributed by atoms with Crippen LogP contribution in [-0.4, -0.2) is 26.0 Å². The number of benzene rings is 2. The molecule has 0 amide bonds. The molecule has 0 bridgehead atoms. The minimum atomic E-state index is -4.14. The van der Waals surface area contributed by atoms with E-state index in [2.05, 4.69) is 5.32 Å². The van der Waals surface area contributed by atoms with Gasteiger partial charge in [0.05, 0.1) is 21.0 Å². The standard InChI is InChI=1S/C17H19N3O4S2/c1-2-3-8-20-14-9-11(17(21)22)10-15(26(19,23)24)16(14)25-13-6-4-12(18)5-7-13/h2-7,9-10,20H,8,18H2,1H3,(H,21,22)(H2,19,23,24). The minimum Gasteiger partial charge on any atom is -0.478 e. The van der Waals surface area contributed by atoms with Crippen molar-refractivity contribution in [2.45, 2.75) is 21.6 Å². The molecule has 2 rings (SSSR count). The van der Waals surface area contributed by atoms with Gasteiger partial charge in [0.2, 0.25) is 10.0 Å². The van der Waals surface area contributed by atoms with Gasteiger partial charge in [0, 0.05) is 17.1 Å². The molecule has 0 spiro atoms. The van der Waals surface area contributed by atoms with Gasteiger partial charge in [-0.1, -0.05) is 23.9 Å². The predicted molar refractivity (Wildman–Crippen MR) is 103 cm³/mol. The smallest absolute Gasteiger partial charge is 0.335 e. The Morgan fingerprint density at radius 1 is 1.27 bits per heavy atom. The molecule has 0 aliphatic heterocycles. The number of hydrogen-bond donors (Lipinski definition) is 4. The zero-order valence-electron chi connectivity index (χ0n) is 14.0. The molecule has 9 heteroatoms. The van der Waals surface area contributed by atoms with E-state index < -0.39 is 16.0 Å². The number of nitrogen functional groups attached to an aromatic ring is 1. The molecule has 0 aliphatic carbocycles. The molecule has 0 saturated heterocycles. The lowest BCUT2D eigenvalue weighted by molar-refractivity contribution is 0.0696. The molecule has 2 aromatic carbocycles. The Balaban J connectivity index is 2.62. The molecule has 0 unspecified atom stereocenters. The Kier molecular flexibility index (Phi) is 6.30. The Morgan fingerprint density at radius 3 is 2.46 bits per heavy atom. The van der Waals surface area contributed by atoms with Crippen LogP contribution in [0.15, 0.2) is 63.2 Å². The quantitative estimate of drug-likeness (QED) is 0.419. The van der Waals surface area contributed by atoms with Gasteiger partial charge in [-0.15, -0.1) is 0 Å². The summed E-state index contributed by atoms with van der Waals surface area (Å²) in [5.41, 5.74) is 6.45. The molecule has 2 aromatic rings. The lowest BCUT2D eigenvalue weighted by Gasteiger charge is -2.16. The van der Waals surface area contributed by atoms with Crippen LogP contribution < -0.4 is 16.2 Å². The van der Waals surface area contributed by atoms with Gasteiger partial charge in [-0.2, -0.15) is 0 Å². The highest BCUT2D eigenvalue weighted by Crippen LogP contribution is 2.39. The number of anilines is 2. The first-order valence-electron chi connectivity index (χ1n) is 7.55. The Bertz CT molecular complexity index is 939. The fraction of sp³-hybridized carbons (Fsp3) is 0.118. The van der Waals surface area contributed by atoms with Gasteiger partial charge in [-0.3, -0.25) is 0 Å². The second-order valence-electron chi connectivity index (χ2n) is 5.32. The summed E-state index contributed by atoms with van der Waals surface area (Å²) in [7, 11) is -4.14. The zero-order chi connectivity index (χ0) is 19.3. The second kappa shape index (κ2) is 8.26. The third kappa shape index (κ3) is 5.01. The fourth-order valence-corrected chi connectivity index (χ4v) is 4.16. The lowest BCUT2D eigenvalue weighted by Crippen LogP contribution is -2.16. The first-order valence-corrected chi connectivity index (χ1v) is 9.91. The molecule has 7 nitrogen and oxygen atoms in total. The van der Waals surface area contributed by atoms with E-state index in [0.717, 1.165) is 22.7 Å². The van der Waals surface area contributed by atoms with Crippen LogP contribution in [-0.2, 0) is 10.0 Å². The number of primary sulfonamides is 1. The van der Waals surface area contributed by atoms with E-state index in [9.17, 15) is 18.3 Å². The number of nitrogens with two attached hydrogens (primary N) is 2.